The number of hydrogen-bond acceptors (Lipinski definition) is 3. The quantitative estimate of drug-likeness (QED) is 0.446. The van der Waals surface area contributed by atoms with Crippen LogP contribution < -0.4 is 11.3 Å². The number of halogens is 1. The molecule has 1 aromatic rings. The number of rotatable bonds is 1. The topological polar surface area (TPSA) is 58.3 Å². The van der Waals surface area contributed by atoms with E-state index in [1.165, 1.54) is 5.56 Å². The van der Waals surface area contributed by atoms with Crippen LogP contribution in [-0.4, -0.2) is 4.66 Å². The van der Waals surface area contributed by atoms with Gasteiger partial charge >= 0.3 is 0 Å². The fraction of sp³-hybridized carbons (Fsp3) is 0.143. The first-order valence-electron chi connectivity index (χ1n) is 3.03. The molecule has 0 unspecified atom stereocenters. The summed E-state index contributed by atoms with van der Waals surface area (Å²) in [6, 6.07) is 7.90. The number of anilines is 1. The van der Waals surface area contributed by atoms with Crippen molar-refractivity contribution in [1.82, 2.24) is 0 Å². The third-order valence-electron chi connectivity index (χ3n) is 1.22. The molecule has 0 atom stereocenters. The summed E-state index contributed by atoms with van der Waals surface area (Å²) in [6.07, 6.45) is 0. The fourth-order valence-electron chi connectivity index (χ4n) is 0.650. The number of benzene rings is 1. The Morgan fingerprint density at radius 2 is 1.73 bits per heavy atom. The molecule has 0 aliphatic heterocycles. The molecule has 0 amide bonds. The summed E-state index contributed by atoms with van der Waals surface area (Å²) in [5.41, 5.74) is 4.74. The molecule has 0 bridgehead atoms. The molecule has 0 aliphatic rings. The number of nitrogens with two attached hydrogens (primary N) is 1. The Kier molecular flexibility index (Phi) is 5.56. The molecule has 0 fully saturated rings. The summed E-state index contributed by atoms with van der Waals surface area (Å²) in [5.74, 6) is 5.15. The second kappa shape index (κ2) is 5.97. The first kappa shape index (κ1) is 10.2. The smallest absolute Gasteiger partial charge is 0.0579 e. The van der Waals surface area contributed by atoms with E-state index >= 15 is 0 Å². The van der Waals surface area contributed by atoms with E-state index in [-0.39, 0.29) is 0 Å². The van der Waals surface area contributed by atoms with Crippen molar-refractivity contribution in [3.63, 3.8) is 0 Å². The molecule has 1 rings (SSSR count). The van der Waals surface area contributed by atoms with Gasteiger partial charge in [0, 0.05) is 5.69 Å². The van der Waals surface area contributed by atoms with Gasteiger partial charge in [-0.05, 0) is 19.1 Å². The first-order chi connectivity index (χ1) is 5.33. The lowest BCUT2D eigenvalue weighted by atomic mass is 10.2. The number of hydrogen-bond donors (Lipinski definition) is 3. The van der Waals surface area contributed by atoms with Crippen molar-refractivity contribution in [2.75, 3.05) is 5.43 Å². The maximum Gasteiger partial charge on any atom is 0.0579 e. The molecule has 3 nitrogen and oxygen atoms in total. The summed E-state index contributed by atoms with van der Waals surface area (Å²) < 4.78 is 6.47. The predicted molar refractivity (Wildman–Crippen MR) is 47.1 cm³/mol. The zero-order valence-electron chi connectivity index (χ0n) is 6.21. The van der Waals surface area contributed by atoms with Gasteiger partial charge in [-0.25, -0.2) is 0 Å². The molecule has 62 valence electrons. The van der Waals surface area contributed by atoms with E-state index in [4.69, 9.17) is 10.5 Å². The van der Waals surface area contributed by atoms with Crippen molar-refractivity contribution >= 4 is 17.6 Å². The van der Waals surface area contributed by atoms with Gasteiger partial charge in [0.15, 0.2) is 0 Å². The highest BCUT2D eigenvalue weighted by atomic mass is 35.5. The molecule has 1 aromatic carbocycles. The molecular weight excluding hydrogens is 164 g/mol. The number of hydrazine groups is 1. The highest BCUT2D eigenvalue weighted by Gasteiger charge is 1.84. The molecule has 4 N–H and O–H groups in total. The van der Waals surface area contributed by atoms with Crippen LogP contribution >= 0.6 is 11.9 Å². The van der Waals surface area contributed by atoms with Gasteiger partial charge in [0.1, 0.15) is 0 Å². The summed E-state index contributed by atoms with van der Waals surface area (Å²) in [5, 5.41) is 0. The Morgan fingerprint density at radius 3 is 2.09 bits per heavy atom. The Balaban J connectivity index is 0.000000461. The lowest BCUT2D eigenvalue weighted by Crippen LogP contribution is -2.05. The van der Waals surface area contributed by atoms with Crippen LogP contribution in [0.3, 0.4) is 0 Å². The van der Waals surface area contributed by atoms with Crippen molar-refractivity contribution in [1.29, 1.82) is 0 Å². The molecule has 0 saturated carbocycles. The van der Waals surface area contributed by atoms with Gasteiger partial charge in [-0.3, -0.25) is 10.5 Å². The number of nitrogen functional groups attached to an aromatic ring is 1. The highest BCUT2D eigenvalue weighted by molar-refractivity contribution is 6.04. The maximum atomic E-state index is 6.47. The van der Waals surface area contributed by atoms with Crippen molar-refractivity contribution in [3.05, 3.63) is 29.8 Å². The second-order valence-electron chi connectivity index (χ2n) is 2.01. The molecule has 0 radical (unpaired) electrons. The van der Waals surface area contributed by atoms with Crippen LogP contribution in [-0.2, 0) is 0 Å². The molecular formula is C7H11ClN2O. The number of nitrogens with one attached hydrogen (secondary N) is 1. The van der Waals surface area contributed by atoms with Gasteiger partial charge in [-0.2, -0.15) is 0 Å². The minimum atomic E-state index is 0.945. The van der Waals surface area contributed by atoms with Crippen molar-refractivity contribution in [2.24, 2.45) is 5.84 Å². The molecule has 0 saturated heterocycles. The van der Waals surface area contributed by atoms with Crippen LogP contribution in [0.15, 0.2) is 24.3 Å². The second-order valence-corrected chi connectivity index (χ2v) is 2.01. The van der Waals surface area contributed by atoms with Crippen molar-refractivity contribution in [2.45, 2.75) is 6.92 Å². The minimum Gasteiger partial charge on any atom is -0.324 e. The van der Waals surface area contributed by atoms with E-state index in [2.05, 4.69) is 17.3 Å². The van der Waals surface area contributed by atoms with Gasteiger partial charge in [-0.1, -0.05) is 17.7 Å². The van der Waals surface area contributed by atoms with Crippen LogP contribution in [0.2, 0.25) is 0 Å². The van der Waals surface area contributed by atoms with E-state index < -0.39 is 0 Å². The Bertz CT molecular complexity index is 188. The van der Waals surface area contributed by atoms with E-state index in [0.717, 1.165) is 5.69 Å². The highest BCUT2D eigenvalue weighted by Crippen LogP contribution is 2.05. The fourth-order valence-corrected chi connectivity index (χ4v) is 0.650. The Hall–Kier alpha value is -0.770. The zero-order valence-corrected chi connectivity index (χ0v) is 6.97. The van der Waals surface area contributed by atoms with Crippen LogP contribution in [0.4, 0.5) is 5.69 Å². The standard InChI is InChI=1S/C7H10N2.ClHO/c1-6-2-4-7(9-8)5-3-6;1-2/h2-5,9H,8H2,1H3;2H. The van der Waals surface area contributed by atoms with Gasteiger partial charge in [0.05, 0.1) is 11.9 Å². The average molecular weight is 175 g/mol. The SMILES string of the molecule is Cc1ccc(NN)cc1.OCl. The molecule has 4 heteroatoms. The van der Waals surface area contributed by atoms with Gasteiger partial charge in [0.2, 0.25) is 0 Å². The first-order valence-corrected chi connectivity index (χ1v) is 3.37. The van der Waals surface area contributed by atoms with Crippen molar-refractivity contribution < 1.29 is 4.66 Å². The Morgan fingerprint density at radius 1 is 1.27 bits per heavy atom. The normalized spacial score (nSPS) is 8.00. The summed E-state index contributed by atoms with van der Waals surface area (Å²) in [6.45, 7) is 2.04. The van der Waals surface area contributed by atoms with Gasteiger partial charge in [0.25, 0.3) is 0 Å². The van der Waals surface area contributed by atoms with E-state index in [9.17, 15) is 0 Å². The van der Waals surface area contributed by atoms with Crippen LogP contribution in [0.1, 0.15) is 5.56 Å². The van der Waals surface area contributed by atoms with Crippen LogP contribution in [0.5, 0.6) is 0 Å². The average Bonchev–Trinajstić information content (AvgIpc) is 2.10. The minimum absolute atomic E-state index is 0.945. The van der Waals surface area contributed by atoms with E-state index in [1.54, 1.807) is 0 Å². The van der Waals surface area contributed by atoms with Crippen LogP contribution in [0, 0.1) is 6.92 Å². The lowest BCUT2D eigenvalue weighted by molar-refractivity contribution is 0.632. The molecule has 0 aliphatic carbocycles. The van der Waals surface area contributed by atoms with E-state index in [1.807, 2.05) is 31.2 Å². The third kappa shape index (κ3) is 3.83. The van der Waals surface area contributed by atoms with Crippen molar-refractivity contribution in [3.8, 4) is 0 Å². The number of aryl methyl sites for hydroxylation is 1. The van der Waals surface area contributed by atoms with Gasteiger partial charge in [-0.15, -0.1) is 0 Å². The van der Waals surface area contributed by atoms with Crippen LogP contribution in [0.25, 0.3) is 0 Å². The molecule has 0 aromatic heterocycles. The summed E-state index contributed by atoms with van der Waals surface area (Å²) in [4.78, 5) is 0. The monoisotopic (exact) mass is 174 g/mol. The third-order valence-corrected chi connectivity index (χ3v) is 1.22. The largest absolute Gasteiger partial charge is 0.324 e. The molecule has 11 heavy (non-hydrogen) atoms. The molecule has 0 spiro atoms. The van der Waals surface area contributed by atoms with E-state index in [0.29, 0.717) is 0 Å². The Labute approximate surface area is 70.9 Å². The predicted octanol–water partition coefficient (Wildman–Crippen LogP) is 1.41. The van der Waals surface area contributed by atoms with Gasteiger partial charge < -0.3 is 5.43 Å². The lowest BCUT2D eigenvalue weighted by Gasteiger charge is -1.97. The molecule has 0 heterocycles. The summed E-state index contributed by atoms with van der Waals surface area (Å²) >= 11 is 3.64. The maximum absolute atomic E-state index is 6.47. The summed E-state index contributed by atoms with van der Waals surface area (Å²) in [7, 11) is 0. The zero-order chi connectivity index (χ0) is 8.69.